The number of imide groups is 2. The third-order valence-corrected chi connectivity index (χ3v) is 5.88. The van der Waals surface area contributed by atoms with Crippen LogP contribution in [-0.2, 0) is 15.1 Å². The van der Waals surface area contributed by atoms with E-state index in [1.54, 1.807) is 24.3 Å². The molecule has 4 amide bonds. The number of para-hydroxylation sites is 1. The molecule has 8 nitrogen and oxygen atoms in total. The number of hydrogen-bond acceptors (Lipinski definition) is 6. The predicted molar refractivity (Wildman–Crippen MR) is 115 cm³/mol. The van der Waals surface area contributed by atoms with Crippen molar-refractivity contribution in [1.82, 2.24) is 20.4 Å². The van der Waals surface area contributed by atoms with E-state index in [4.69, 9.17) is 4.74 Å². The summed E-state index contributed by atoms with van der Waals surface area (Å²) in [6.45, 7) is 6.74. The average molecular weight is 422 g/mol. The van der Waals surface area contributed by atoms with Crippen molar-refractivity contribution in [3.63, 3.8) is 0 Å². The molecule has 0 saturated carbocycles. The van der Waals surface area contributed by atoms with Crippen molar-refractivity contribution >= 4 is 17.8 Å². The number of barbiturate groups is 1. The molecule has 2 saturated heterocycles. The molecule has 0 aromatic heterocycles. The fourth-order valence-corrected chi connectivity index (χ4v) is 4.22. The molecule has 2 aliphatic heterocycles. The normalized spacial score (nSPS) is 19.8. The van der Waals surface area contributed by atoms with Crippen LogP contribution in [0.25, 0.3) is 0 Å². The molecule has 2 fully saturated rings. The van der Waals surface area contributed by atoms with Gasteiger partial charge in [-0.1, -0.05) is 30.3 Å². The molecular weight excluding hydrogens is 396 g/mol. The molecule has 0 spiro atoms. The van der Waals surface area contributed by atoms with Crippen molar-refractivity contribution in [1.29, 1.82) is 0 Å². The topological polar surface area (TPSA) is 91.0 Å². The van der Waals surface area contributed by atoms with Gasteiger partial charge in [0.2, 0.25) is 5.54 Å². The second-order valence-electron chi connectivity index (χ2n) is 8.00. The largest absolute Gasteiger partial charge is 0.457 e. The predicted octanol–water partition coefficient (Wildman–Crippen LogP) is 2.07. The molecule has 4 rings (SSSR count). The highest BCUT2D eigenvalue weighted by atomic mass is 16.5. The molecule has 8 heteroatoms. The number of nitrogens with one attached hydrogen (secondary N) is 2. The summed E-state index contributed by atoms with van der Waals surface area (Å²) in [6, 6.07) is 15.8. The summed E-state index contributed by atoms with van der Waals surface area (Å²) in [5.41, 5.74) is -1.11. The Balaban J connectivity index is 1.66. The van der Waals surface area contributed by atoms with Crippen LogP contribution in [0.4, 0.5) is 4.79 Å². The number of carbonyl (C=O) groups excluding carboxylic acids is 3. The summed E-state index contributed by atoms with van der Waals surface area (Å²) < 4.78 is 5.83. The van der Waals surface area contributed by atoms with Crippen LogP contribution in [0.3, 0.4) is 0 Å². The number of hydrogen-bond donors (Lipinski definition) is 2. The van der Waals surface area contributed by atoms with Crippen LogP contribution in [-0.4, -0.2) is 59.9 Å². The van der Waals surface area contributed by atoms with Gasteiger partial charge in [0, 0.05) is 32.2 Å². The Hall–Kier alpha value is -3.23. The van der Waals surface area contributed by atoms with Gasteiger partial charge in [-0.05, 0) is 43.7 Å². The van der Waals surface area contributed by atoms with E-state index in [2.05, 4.69) is 29.4 Å². The summed E-state index contributed by atoms with van der Waals surface area (Å²) in [6.07, 6.45) is 0. The quantitative estimate of drug-likeness (QED) is 0.717. The van der Waals surface area contributed by atoms with Gasteiger partial charge >= 0.3 is 6.03 Å². The van der Waals surface area contributed by atoms with E-state index < -0.39 is 23.4 Å². The fourth-order valence-electron chi connectivity index (χ4n) is 4.22. The average Bonchev–Trinajstić information content (AvgIpc) is 2.75. The van der Waals surface area contributed by atoms with Gasteiger partial charge in [-0.25, -0.2) is 4.79 Å². The van der Waals surface area contributed by atoms with E-state index in [1.807, 2.05) is 35.2 Å². The molecule has 0 aliphatic carbocycles. The number of benzene rings is 2. The third-order valence-electron chi connectivity index (χ3n) is 5.88. The highest BCUT2D eigenvalue weighted by molar-refractivity contribution is 6.22. The summed E-state index contributed by atoms with van der Waals surface area (Å²) in [4.78, 5) is 42.2. The summed E-state index contributed by atoms with van der Waals surface area (Å²) in [5.74, 6) is 0.0166. The van der Waals surface area contributed by atoms with Crippen LogP contribution >= 0.6 is 0 Å². The Morgan fingerprint density at radius 1 is 0.806 bits per heavy atom. The van der Waals surface area contributed by atoms with Crippen molar-refractivity contribution in [2.24, 2.45) is 0 Å². The molecule has 162 valence electrons. The van der Waals surface area contributed by atoms with Gasteiger partial charge in [0.25, 0.3) is 11.8 Å². The van der Waals surface area contributed by atoms with Gasteiger partial charge in [-0.15, -0.1) is 0 Å². The maximum absolute atomic E-state index is 13.1. The molecule has 2 aromatic rings. The maximum Gasteiger partial charge on any atom is 0.328 e. The Morgan fingerprint density at radius 3 is 1.90 bits per heavy atom. The summed E-state index contributed by atoms with van der Waals surface area (Å²) in [5, 5.41) is 4.58. The van der Waals surface area contributed by atoms with Crippen LogP contribution in [0.15, 0.2) is 54.6 Å². The lowest BCUT2D eigenvalue weighted by atomic mass is 9.84. The van der Waals surface area contributed by atoms with Crippen molar-refractivity contribution < 1.29 is 19.1 Å². The van der Waals surface area contributed by atoms with Gasteiger partial charge in [0.15, 0.2) is 0 Å². The van der Waals surface area contributed by atoms with Crippen LogP contribution in [0.1, 0.15) is 19.4 Å². The smallest absolute Gasteiger partial charge is 0.328 e. The van der Waals surface area contributed by atoms with Gasteiger partial charge in [0.1, 0.15) is 11.5 Å². The first-order valence-corrected chi connectivity index (χ1v) is 10.4. The molecule has 0 radical (unpaired) electrons. The Kier molecular flexibility index (Phi) is 5.75. The van der Waals surface area contributed by atoms with Gasteiger partial charge in [0.05, 0.1) is 0 Å². The lowest BCUT2D eigenvalue weighted by Crippen LogP contribution is -2.73. The lowest BCUT2D eigenvalue weighted by molar-refractivity contribution is -0.150. The minimum atomic E-state index is -1.61. The molecule has 2 aromatic carbocycles. The number of amides is 4. The van der Waals surface area contributed by atoms with Crippen LogP contribution < -0.4 is 15.4 Å². The van der Waals surface area contributed by atoms with Crippen molar-refractivity contribution in [3.05, 3.63) is 60.2 Å². The van der Waals surface area contributed by atoms with Gasteiger partial charge in [-0.2, -0.15) is 0 Å². The van der Waals surface area contributed by atoms with E-state index in [1.165, 1.54) is 0 Å². The van der Waals surface area contributed by atoms with Crippen LogP contribution in [0, 0.1) is 0 Å². The minimum absolute atomic E-state index is 0.378. The first kappa shape index (κ1) is 21.0. The second kappa shape index (κ2) is 8.49. The molecule has 2 N–H and O–H groups in total. The van der Waals surface area contributed by atoms with Crippen LogP contribution in [0.2, 0.25) is 0 Å². The molecule has 2 heterocycles. The van der Waals surface area contributed by atoms with E-state index >= 15 is 0 Å². The molecule has 0 bridgehead atoms. The molecule has 0 atom stereocenters. The number of carbonyl (C=O) groups is 3. The zero-order valence-electron chi connectivity index (χ0n) is 17.6. The SMILES string of the molecule is CC(C)N1CCN(C2(c3ccc(Oc4ccccc4)cc3)C(=O)NC(=O)NC2=O)CC1. The number of ether oxygens (including phenoxy) is 1. The molecule has 31 heavy (non-hydrogen) atoms. The third kappa shape index (κ3) is 3.92. The fraction of sp³-hybridized carbons (Fsp3) is 0.348. The second-order valence-corrected chi connectivity index (χ2v) is 8.00. The maximum atomic E-state index is 13.1. The Labute approximate surface area is 181 Å². The zero-order valence-corrected chi connectivity index (χ0v) is 17.6. The molecule has 2 aliphatic rings. The van der Waals surface area contributed by atoms with Gasteiger partial charge < -0.3 is 4.74 Å². The van der Waals surface area contributed by atoms with Crippen molar-refractivity contribution in [2.75, 3.05) is 26.2 Å². The van der Waals surface area contributed by atoms with E-state index in [0.717, 1.165) is 13.1 Å². The number of nitrogens with zero attached hydrogens (tertiary/aromatic N) is 2. The van der Waals surface area contributed by atoms with Crippen LogP contribution in [0.5, 0.6) is 11.5 Å². The monoisotopic (exact) mass is 422 g/mol. The standard InChI is InChI=1S/C23H26N4O4/c1-16(2)26-12-14-27(15-13-26)23(20(28)24-22(30)25-21(23)29)17-8-10-19(11-9-17)31-18-6-4-3-5-7-18/h3-11,16H,12-15H2,1-2H3,(H2,24,25,28,29,30). The first-order valence-electron chi connectivity index (χ1n) is 10.4. The van der Waals surface area contributed by atoms with Gasteiger partial charge in [-0.3, -0.25) is 30.0 Å². The van der Waals surface area contributed by atoms with E-state index in [0.29, 0.717) is 36.2 Å². The number of urea groups is 1. The number of rotatable bonds is 5. The van der Waals surface area contributed by atoms with E-state index in [-0.39, 0.29) is 0 Å². The van der Waals surface area contributed by atoms with E-state index in [9.17, 15) is 14.4 Å². The number of piperazine rings is 1. The van der Waals surface area contributed by atoms with Crippen molar-refractivity contribution in [3.8, 4) is 11.5 Å². The summed E-state index contributed by atoms with van der Waals surface area (Å²) in [7, 11) is 0. The first-order chi connectivity index (χ1) is 14.9. The van der Waals surface area contributed by atoms with Crippen molar-refractivity contribution in [2.45, 2.75) is 25.4 Å². The Morgan fingerprint density at radius 2 is 1.35 bits per heavy atom. The molecular formula is C23H26N4O4. The zero-order chi connectivity index (χ0) is 22.0. The highest BCUT2D eigenvalue weighted by Crippen LogP contribution is 2.34. The lowest BCUT2D eigenvalue weighted by Gasteiger charge is -2.47. The minimum Gasteiger partial charge on any atom is -0.457 e. The Bertz CT molecular complexity index is 947. The summed E-state index contributed by atoms with van der Waals surface area (Å²) >= 11 is 0. The molecule has 0 unspecified atom stereocenters. The highest BCUT2D eigenvalue weighted by Gasteiger charge is 2.56.